The average molecular weight is 357 g/mol. The summed E-state index contributed by atoms with van der Waals surface area (Å²) in [6.07, 6.45) is 2.81. The van der Waals surface area contributed by atoms with Gasteiger partial charge in [0.1, 0.15) is 0 Å². The summed E-state index contributed by atoms with van der Waals surface area (Å²) in [6.45, 7) is 2.08. The lowest BCUT2D eigenvalue weighted by molar-refractivity contribution is -0.140. The topological polar surface area (TPSA) is 60.9 Å². The minimum Gasteiger partial charge on any atom is -0.396 e. The minimum atomic E-state index is 0.0409. The molecule has 0 aliphatic carbocycles. The van der Waals surface area contributed by atoms with E-state index in [-0.39, 0.29) is 24.5 Å². The maximum absolute atomic E-state index is 12.6. The summed E-state index contributed by atoms with van der Waals surface area (Å²) in [7, 11) is 0. The first-order valence-electron chi connectivity index (χ1n) is 8.05. The third kappa shape index (κ3) is 3.54. The number of amides is 2. The SMILES string of the molecule is O=C(c1ccc(Cl)s1)N1CC[C@@H]2[C@@H](CCC(=O)N2CCCO)C1. The molecule has 1 aromatic heterocycles. The molecule has 0 saturated carbocycles. The smallest absolute Gasteiger partial charge is 0.263 e. The Morgan fingerprint density at radius 2 is 2.22 bits per heavy atom. The second kappa shape index (κ2) is 7.20. The van der Waals surface area contributed by atoms with Crippen molar-refractivity contribution in [3.63, 3.8) is 0 Å². The van der Waals surface area contributed by atoms with E-state index in [1.54, 1.807) is 12.1 Å². The number of carbonyl (C=O) groups excluding carboxylic acids is 2. The number of halogens is 1. The van der Waals surface area contributed by atoms with Crippen molar-refractivity contribution >= 4 is 34.8 Å². The zero-order valence-electron chi connectivity index (χ0n) is 12.9. The molecule has 0 spiro atoms. The van der Waals surface area contributed by atoms with Gasteiger partial charge in [0.25, 0.3) is 5.91 Å². The van der Waals surface area contributed by atoms with Gasteiger partial charge < -0.3 is 14.9 Å². The molecule has 0 bridgehead atoms. The number of nitrogens with zero attached hydrogens (tertiary/aromatic N) is 2. The number of rotatable bonds is 4. The van der Waals surface area contributed by atoms with Gasteiger partial charge in [0.15, 0.2) is 0 Å². The van der Waals surface area contributed by atoms with Crippen LogP contribution in [0.1, 0.15) is 35.4 Å². The molecule has 2 fully saturated rings. The van der Waals surface area contributed by atoms with Crippen molar-refractivity contribution in [3.8, 4) is 0 Å². The van der Waals surface area contributed by atoms with Crippen LogP contribution in [0.5, 0.6) is 0 Å². The van der Waals surface area contributed by atoms with Gasteiger partial charge in [-0.2, -0.15) is 0 Å². The fourth-order valence-electron chi connectivity index (χ4n) is 3.65. The van der Waals surface area contributed by atoms with Gasteiger partial charge in [-0.15, -0.1) is 11.3 Å². The van der Waals surface area contributed by atoms with Crippen molar-refractivity contribution in [2.24, 2.45) is 5.92 Å². The number of hydrogen-bond donors (Lipinski definition) is 1. The Kier molecular flexibility index (Phi) is 5.24. The van der Waals surface area contributed by atoms with Crippen LogP contribution in [0.2, 0.25) is 4.34 Å². The molecule has 3 heterocycles. The summed E-state index contributed by atoms with van der Waals surface area (Å²) < 4.78 is 0.627. The number of carbonyl (C=O) groups is 2. The molecule has 7 heteroatoms. The van der Waals surface area contributed by atoms with E-state index >= 15 is 0 Å². The Hall–Kier alpha value is -1.11. The highest BCUT2D eigenvalue weighted by atomic mass is 35.5. The van der Waals surface area contributed by atoms with Gasteiger partial charge in [0, 0.05) is 38.7 Å². The molecule has 1 N–H and O–H groups in total. The van der Waals surface area contributed by atoms with Crippen LogP contribution in [0.15, 0.2) is 12.1 Å². The number of thiophene rings is 1. The van der Waals surface area contributed by atoms with Gasteiger partial charge in [0.2, 0.25) is 5.91 Å². The molecule has 0 aromatic carbocycles. The average Bonchev–Trinajstić information content (AvgIpc) is 2.99. The molecule has 2 aliphatic rings. The van der Waals surface area contributed by atoms with Crippen LogP contribution >= 0.6 is 22.9 Å². The second-order valence-corrected chi connectivity index (χ2v) is 7.89. The van der Waals surface area contributed by atoms with Crippen LogP contribution in [0.3, 0.4) is 0 Å². The standard InChI is InChI=1S/C16H21ClN2O3S/c17-14-4-3-13(23-14)16(22)18-8-6-12-11(10-18)2-5-15(21)19(12)7-1-9-20/h3-4,11-12,20H,1-2,5-10H2/t11-,12+/m0/s1. The Bertz CT molecular complexity index is 592. The quantitative estimate of drug-likeness (QED) is 0.900. The molecule has 2 atom stereocenters. The molecule has 23 heavy (non-hydrogen) atoms. The van der Waals surface area contributed by atoms with Crippen LogP contribution in [0.25, 0.3) is 0 Å². The molecule has 3 rings (SSSR count). The predicted octanol–water partition coefficient (Wildman–Crippen LogP) is 2.24. The third-order valence-electron chi connectivity index (χ3n) is 4.77. The largest absolute Gasteiger partial charge is 0.396 e. The zero-order valence-corrected chi connectivity index (χ0v) is 14.5. The molecule has 2 amide bonds. The van der Waals surface area contributed by atoms with Crippen LogP contribution in [-0.4, -0.2) is 59.0 Å². The molecule has 2 aliphatic heterocycles. The fourth-order valence-corrected chi connectivity index (χ4v) is 4.66. The van der Waals surface area contributed by atoms with Gasteiger partial charge in [0.05, 0.1) is 9.21 Å². The predicted molar refractivity (Wildman–Crippen MR) is 89.8 cm³/mol. The molecular weight excluding hydrogens is 336 g/mol. The summed E-state index contributed by atoms with van der Waals surface area (Å²) in [5.74, 6) is 0.559. The van der Waals surface area contributed by atoms with E-state index in [0.717, 1.165) is 12.8 Å². The Morgan fingerprint density at radius 3 is 2.91 bits per heavy atom. The van der Waals surface area contributed by atoms with Crippen molar-refractivity contribution in [2.75, 3.05) is 26.2 Å². The third-order valence-corrected chi connectivity index (χ3v) is 5.99. The van der Waals surface area contributed by atoms with Crippen molar-refractivity contribution in [1.29, 1.82) is 0 Å². The molecular formula is C16H21ClN2O3S. The minimum absolute atomic E-state index is 0.0409. The van der Waals surface area contributed by atoms with Gasteiger partial charge in [-0.05, 0) is 37.3 Å². The van der Waals surface area contributed by atoms with E-state index in [9.17, 15) is 9.59 Å². The van der Waals surface area contributed by atoms with Crippen molar-refractivity contribution < 1.29 is 14.7 Å². The van der Waals surface area contributed by atoms with Gasteiger partial charge >= 0.3 is 0 Å². The van der Waals surface area contributed by atoms with E-state index < -0.39 is 0 Å². The molecule has 0 unspecified atom stereocenters. The molecule has 5 nitrogen and oxygen atoms in total. The van der Waals surface area contributed by atoms with Crippen LogP contribution < -0.4 is 0 Å². The zero-order chi connectivity index (χ0) is 16.4. The number of aliphatic hydroxyl groups is 1. The first kappa shape index (κ1) is 16.7. The van der Waals surface area contributed by atoms with Crippen molar-refractivity contribution in [1.82, 2.24) is 9.80 Å². The lowest BCUT2D eigenvalue weighted by Gasteiger charge is -2.47. The lowest BCUT2D eigenvalue weighted by atomic mass is 9.83. The van der Waals surface area contributed by atoms with Gasteiger partial charge in [-0.3, -0.25) is 9.59 Å². The summed E-state index contributed by atoms with van der Waals surface area (Å²) in [5.41, 5.74) is 0. The Balaban J connectivity index is 1.66. The maximum atomic E-state index is 12.6. The highest BCUT2D eigenvalue weighted by Gasteiger charge is 2.40. The number of aliphatic hydroxyl groups excluding tert-OH is 1. The van der Waals surface area contributed by atoms with E-state index in [1.165, 1.54) is 11.3 Å². The van der Waals surface area contributed by atoms with E-state index in [1.807, 2.05) is 9.80 Å². The highest BCUT2D eigenvalue weighted by molar-refractivity contribution is 7.17. The number of likely N-dealkylation sites (tertiary alicyclic amines) is 2. The highest BCUT2D eigenvalue weighted by Crippen LogP contribution is 2.32. The monoisotopic (exact) mass is 356 g/mol. The summed E-state index contributed by atoms with van der Waals surface area (Å²) in [6, 6.07) is 3.74. The number of fused-ring (bicyclic) bond motifs is 1. The van der Waals surface area contributed by atoms with Crippen molar-refractivity contribution in [2.45, 2.75) is 31.7 Å². The second-order valence-electron chi connectivity index (χ2n) is 6.17. The normalized spacial score (nSPS) is 24.7. The summed E-state index contributed by atoms with van der Waals surface area (Å²) in [4.78, 5) is 29.2. The molecule has 0 radical (unpaired) electrons. The fraction of sp³-hybridized carbons (Fsp3) is 0.625. The number of hydrogen-bond acceptors (Lipinski definition) is 4. The first-order chi connectivity index (χ1) is 11.1. The maximum Gasteiger partial charge on any atom is 0.263 e. The summed E-state index contributed by atoms with van der Waals surface area (Å²) >= 11 is 7.23. The van der Waals surface area contributed by atoms with Crippen LogP contribution in [0.4, 0.5) is 0 Å². The van der Waals surface area contributed by atoms with E-state index in [0.29, 0.717) is 47.6 Å². The molecule has 1 aromatic rings. The van der Waals surface area contributed by atoms with Gasteiger partial charge in [-0.1, -0.05) is 11.6 Å². The van der Waals surface area contributed by atoms with Crippen LogP contribution in [0, 0.1) is 5.92 Å². The Labute approximate surface area is 144 Å². The summed E-state index contributed by atoms with van der Waals surface area (Å²) in [5, 5.41) is 9.02. The number of piperidine rings is 2. The van der Waals surface area contributed by atoms with Gasteiger partial charge in [-0.25, -0.2) is 0 Å². The van der Waals surface area contributed by atoms with Crippen LogP contribution in [-0.2, 0) is 4.79 Å². The Morgan fingerprint density at radius 1 is 1.39 bits per heavy atom. The lowest BCUT2D eigenvalue weighted by Crippen LogP contribution is -2.57. The molecule has 126 valence electrons. The van der Waals surface area contributed by atoms with E-state index in [4.69, 9.17) is 16.7 Å². The molecule has 2 saturated heterocycles. The first-order valence-corrected chi connectivity index (χ1v) is 9.24. The van der Waals surface area contributed by atoms with Crippen molar-refractivity contribution in [3.05, 3.63) is 21.3 Å². The van der Waals surface area contributed by atoms with E-state index in [2.05, 4.69) is 0 Å².